The molecule has 4 rings (SSSR count). The highest BCUT2D eigenvalue weighted by molar-refractivity contribution is 5.31. The predicted octanol–water partition coefficient (Wildman–Crippen LogP) is 2.09. The highest BCUT2D eigenvalue weighted by Gasteiger charge is 2.23. The lowest BCUT2D eigenvalue weighted by molar-refractivity contribution is 0.217. The maximum atomic E-state index is 12.8. The van der Waals surface area contributed by atoms with Crippen molar-refractivity contribution in [1.29, 1.82) is 5.26 Å². The Balaban J connectivity index is 1.39. The van der Waals surface area contributed by atoms with Crippen LogP contribution < -0.4 is 5.56 Å². The zero-order chi connectivity index (χ0) is 18.6. The molecule has 2 aliphatic heterocycles. The fourth-order valence-corrected chi connectivity index (χ4v) is 4.18. The maximum absolute atomic E-state index is 12.8. The van der Waals surface area contributed by atoms with Crippen molar-refractivity contribution in [3.63, 3.8) is 0 Å². The number of likely N-dealkylation sites (tertiary alicyclic amines) is 1. The molecule has 2 aliphatic rings. The zero-order valence-electron chi connectivity index (χ0n) is 15.8. The van der Waals surface area contributed by atoms with Crippen LogP contribution in [-0.4, -0.2) is 45.8 Å². The summed E-state index contributed by atoms with van der Waals surface area (Å²) in [5.41, 5.74) is 4.04. The van der Waals surface area contributed by atoms with Gasteiger partial charge in [-0.15, -0.1) is 0 Å². The van der Waals surface area contributed by atoms with Gasteiger partial charge in [0.25, 0.3) is 5.56 Å². The van der Waals surface area contributed by atoms with Crippen LogP contribution in [0.3, 0.4) is 0 Å². The molecule has 1 N–H and O–H groups in total. The quantitative estimate of drug-likeness (QED) is 0.881. The smallest absolute Gasteiger partial charge is 0.271 e. The third kappa shape index (κ3) is 4.15. The van der Waals surface area contributed by atoms with Gasteiger partial charge in [-0.2, -0.15) is 5.26 Å². The number of aromatic nitrogens is 2. The first-order valence-corrected chi connectivity index (χ1v) is 9.97. The van der Waals surface area contributed by atoms with Gasteiger partial charge >= 0.3 is 0 Å². The van der Waals surface area contributed by atoms with E-state index in [9.17, 15) is 4.79 Å². The van der Waals surface area contributed by atoms with Gasteiger partial charge < -0.3 is 4.90 Å². The molecule has 0 amide bonds. The Bertz CT molecular complexity index is 867. The standard InChI is InChI=1S/C21H27N5O/c22-14-17-4-6-18(7-5-17)15-25-11-8-20-19(16-25)21(27)26(23-20)13-12-24-9-2-1-3-10-24/h4-7,23H,1-3,8-13,15-16H2. The molecule has 0 unspecified atom stereocenters. The monoisotopic (exact) mass is 365 g/mol. The van der Waals surface area contributed by atoms with Crippen LogP contribution in [0, 0.1) is 11.3 Å². The number of hydrogen-bond donors (Lipinski definition) is 1. The summed E-state index contributed by atoms with van der Waals surface area (Å²) in [6.45, 7) is 6.47. The average molecular weight is 365 g/mol. The van der Waals surface area contributed by atoms with E-state index in [1.807, 2.05) is 28.9 Å². The Morgan fingerprint density at radius 1 is 1.00 bits per heavy atom. The summed E-state index contributed by atoms with van der Waals surface area (Å²) in [6, 6.07) is 9.87. The van der Waals surface area contributed by atoms with Crippen molar-refractivity contribution in [1.82, 2.24) is 19.6 Å². The molecular formula is C21H27N5O. The summed E-state index contributed by atoms with van der Waals surface area (Å²) in [5, 5.41) is 12.3. The second-order valence-corrected chi connectivity index (χ2v) is 7.70. The molecule has 6 nitrogen and oxygen atoms in total. The summed E-state index contributed by atoms with van der Waals surface area (Å²) in [5.74, 6) is 0. The number of nitrogens with one attached hydrogen (secondary N) is 1. The Morgan fingerprint density at radius 3 is 2.52 bits per heavy atom. The van der Waals surface area contributed by atoms with Gasteiger partial charge in [-0.05, 0) is 43.6 Å². The van der Waals surface area contributed by atoms with Crippen LogP contribution in [0.2, 0.25) is 0 Å². The third-order valence-electron chi connectivity index (χ3n) is 5.77. The van der Waals surface area contributed by atoms with Crippen LogP contribution in [0.1, 0.15) is 41.6 Å². The Hall–Kier alpha value is -2.36. The molecule has 0 saturated carbocycles. The lowest BCUT2D eigenvalue weighted by Crippen LogP contribution is -2.35. The van der Waals surface area contributed by atoms with Crippen molar-refractivity contribution in [2.24, 2.45) is 0 Å². The molecule has 2 aromatic rings. The largest absolute Gasteiger partial charge is 0.301 e. The van der Waals surface area contributed by atoms with Gasteiger partial charge in [0, 0.05) is 38.3 Å². The molecule has 1 fully saturated rings. The second-order valence-electron chi connectivity index (χ2n) is 7.70. The minimum Gasteiger partial charge on any atom is -0.301 e. The van der Waals surface area contributed by atoms with E-state index in [2.05, 4.69) is 21.0 Å². The van der Waals surface area contributed by atoms with Crippen LogP contribution in [0.5, 0.6) is 0 Å². The fourth-order valence-electron chi connectivity index (χ4n) is 4.18. The van der Waals surface area contributed by atoms with E-state index in [1.54, 1.807) is 0 Å². The van der Waals surface area contributed by atoms with Crippen LogP contribution in [-0.2, 0) is 26.1 Å². The normalized spacial score (nSPS) is 18.2. The summed E-state index contributed by atoms with van der Waals surface area (Å²) in [7, 11) is 0. The molecule has 1 aromatic carbocycles. The number of nitriles is 1. The molecule has 3 heterocycles. The summed E-state index contributed by atoms with van der Waals surface area (Å²) in [4.78, 5) is 17.6. The first kappa shape index (κ1) is 18.0. The van der Waals surface area contributed by atoms with Crippen molar-refractivity contribution in [2.75, 3.05) is 26.2 Å². The first-order chi connectivity index (χ1) is 13.2. The number of nitrogens with zero attached hydrogens (tertiary/aromatic N) is 4. The molecule has 0 atom stereocenters. The van der Waals surface area contributed by atoms with Crippen LogP contribution in [0.4, 0.5) is 0 Å². The van der Waals surface area contributed by atoms with E-state index >= 15 is 0 Å². The van der Waals surface area contributed by atoms with E-state index in [4.69, 9.17) is 5.26 Å². The van der Waals surface area contributed by atoms with Gasteiger partial charge in [-0.25, -0.2) is 0 Å². The minimum absolute atomic E-state index is 0.145. The highest BCUT2D eigenvalue weighted by Crippen LogP contribution is 2.17. The number of aromatic amines is 1. The second kappa shape index (κ2) is 8.12. The summed E-state index contributed by atoms with van der Waals surface area (Å²) >= 11 is 0. The highest BCUT2D eigenvalue weighted by atomic mass is 16.1. The molecule has 27 heavy (non-hydrogen) atoms. The van der Waals surface area contributed by atoms with Gasteiger partial charge in [-0.1, -0.05) is 18.6 Å². The number of benzene rings is 1. The molecular weight excluding hydrogens is 338 g/mol. The molecule has 6 heteroatoms. The average Bonchev–Trinajstić information content (AvgIpc) is 3.03. The Labute approximate surface area is 160 Å². The molecule has 0 radical (unpaired) electrons. The molecule has 0 aliphatic carbocycles. The summed E-state index contributed by atoms with van der Waals surface area (Å²) < 4.78 is 1.81. The lowest BCUT2D eigenvalue weighted by atomic mass is 10.1. The third-order valence-corrected chi connectivity index (χ3v) is 5.77. The van der Waals surface area contributed by atoms with Gasteiger partial charge in [0.1, 0.15) is 0 Å². The Morgan fingerprint density at radius 2 is 1.78 bits per heavy atom. The minimum atomic E-state index is 0.145. The van der Waals surface area contributed by atoms with Crippen LogP contribution in [0.25, 0.3) is 0 Å². The first-order valence-electron chi connectivity index (χ1n) is 9.97. The molecule has 0 bridgehead atoms. The number of rotatable bonds is 5. The van der Waals surface area contributed by atoms with Crippen molar-refractivity contribution in [3.8, 4) is 6.07 Å². The van der Waals surface area contributed by atoms with Crippen molar-refractivity contribution in [3.05, 3.63) is 57.0 Å². The van der Waals surface area contributed by atoms with Gasteiger partial charge in [0.05, 0.1) is 23.7 Å². The zero-order valence-corrected chi connectivity index (χ0v) is 15.8. The molecule has 0 spiro atoms. The Kier molecular flexibility index (Phi) is 5.42. The van der Waals surface area contributed by atoms with Crippen molar-refractivity contribution in [2.45, 2.75) is 45.3 Å². The number of hydrogen-bond acceptors (Lipinski definition) is 4. The SMILES string of the molecule is N#Cc1ccc(CN2CCc3[nH]n(CCN4CCCCC4)c(=O)c3C2)cc1. The van der Waals surface area contributed by atoms with Crippen LogP contribution >= 0.6 is 0 Å². The maximum Gasteiger partial charge on any atom is 0.271 e. The van der Waals surface area contributed by atoms with E-state index in [0.717, 1.165) is 56.9 Å². The molecule has 142 valence electrons. The lowest BCUT2D eigenvalue weighted by Gasteiger charge is -2.26. The van der Waals surface area contributed by atoms with Gasteiger partial charge in [-0.3, -0.25) is 19.5 Å². The van der Waals surface area contributed by atoms with Crippen molar-refractivity contribution < 1.29 is 0 Å². The van der Waals surface area contributed by atoms with Gasteiger partial charge in [0.15, 0.2) is 0 Å². The number of H-pyrrole nitrogens is 1. The number of fused-ring (bicyclic) bond motifs is 1. The van der Waals surface area contributed by atoms with E-state index in [0.29, 0.717) is 12.1 Å². The van der Waals surface area contributed by atoms with E-state index in [1.165, 1.54) is 24.8 Å². The predicted molar refractivity (Wildman–Crippen MR) is 104 cm³/mol. The molecule has 1 saturated heterocycles. The fraction of sp³-hybridized carbons (Fsp3) is 0.524. The number of piperidine rings is 1. The molecule has 1 aromatic heterocycles. The van der Waals surface area contributed by atoms with E-state index in [-0.39, 0.29) is 5.56 Å². The summed E-state index contributed by atoms with van der Waals surface area (Å²) in [6.07, 6.45) is 4.78. The topological polar surface area (TPSA) is 68.1 Å². The van der Waals surface area contributed by atoms with Crippen molar-refractivity contribution >= 4 is 0 Å². The van der Waals surface area contributed by atoms with Crippen LogP contribution in [0.15, 0.2) is 29.1 Å². The van der Waals surface area contributed by atoms with Gasteiger partial charge in [0.2, 0.25) is 0 Å². The van der Waals surface area contributed by atoms with E-state index < -0.39 is 0 Å².